The Morgan fingerprint density at radius 2 is 1.85 bits per heavy atom. The summed E-state index contributed by atoms with van der Waals surface area (Å²) in [7, 11) is 1.54. The third kappa shape index (κ3) is 4.29. The lowest BCUT2D eigenvalue weighted by Crippen LogP contribution is -2.28. The van der Waals surface area contributed by atoms with Crippen LogP contribution in [0, 0.1) is 11.2 Å². The van der Waals surface area contributed by atoms with Gasteiger partial charge in [-0.1, -0.05) is 39.3 Å². The van der Waals surface area contributed by atoms with Gasteiger partial charge >= 0.3 is 0 Å². The molecule has 1 aliphatic heterocycles. The Morgan fingerprint density at radius 1 is 1.08 bits per heavy atom. The summed E-state index contributed by atoms with van der Waals surface area (Å²) in [5, 5.41) is 0. The standard InChI is InChI=1S/C22H27FO3/c1-5-6-15-7-10-19-20(11-15)26-21(25-19)14-22(2,3)13-16-8-9-17(24-4)12-18(16)23/h7-12,21H,5-6,13-14H2,1-4H3. The molecule has 0 saturated heterocycles. The van der Waals surface area contributed by atoms with Gasteiger partial charge in [-0.25, -0.2) is 4.39 Å². The number of hydrogen-bond donors (Lipinski definition) is 0. The van der Waals surface area contributed by atoms with Gasteiger partial charge in [0.15, 0.2) is 11.5 Å². The molecule has 1 heterocycles. The number of fused-ring (bicyclic) bond motifs is 1. The van der Waals surface area contributed by atoms with Gasteiger partial charge in [-0.3, -0.25) is 0 Å². The van der Waals surface area contributed by atoms with E-state index in [1.54, 1.807) is 12.1 Å². The van der Waals surface area contributed by atoms with Crippen LogP contribution in [-0.4, -0.2) is 13.4 Å². The first-order valence-corrected chi connectivity index (χ1v) is 9.19. The van der Waals surface area contributed by atoms with E-state index in [4.69, 9.17) is 14.2 Å². The molecule has 0 saturated carbocycles. The molecule has 1 atom stereocenters. The fourth-order valence-corrected chi connectivity index (χ4v) is 3.41. The SMILES string of the molecule is CCCc1ccc2c(c1)OC(CC(C)(C)Cc1ccc(OC)cc1F)O2. The maximum atomic E-state index is 14.3. The minimum Gasteiger partial charge on any atom is -0.497 e. The normalized spacial score (nSPS) is 16.0. The lowest BCUT2D eigenvalue weighted by atomic mass is 9.82. The molecule has 0 bridgehead atoms. The second kappa shape index (κ2) is 7.56. The van der Waals surface area contributed by atoms with Crippen molar-refractivity contribution in [1.29, 1.82) is 0 Å². The zero-order chi connectivity index (χ0) is 18.7. The summed E-state index contributed by atoms with van der Waals surface area (Å²) in [4.78, 5) is 0. The average Bonchev–Trinajstić information content (AvgIpc) is 2.97. The molecule has 140 valence electrons. The van der Waals surface area contributed by atoms with Crippen LogP contribution in [0.3, 0.4) is 0 Å². The van der Waals surface area contributed by atoms with Crippen molar-refractivity contribution in [3.8, 4) is 17.2 Å². The first-order chi connectivity index (χ1) is 12.4. The van der Waals surface area contributed by atoms with Crippen molar-refractivity contribution in [2.24, 2.45) is 5.41 Å². The number of aryl methyl sites for hydroxylation is 1. The van der Waals surface area contributed by atoms with Gasteiger partial charge in [0.2, 0.25) is 6.29 Å². The second-order valence-electron chi connectivity index (χ2n) is 7.70. The van der Waals surface area contributed by atoms with E-state index in [0.717, 1.165) is 24.3 Å². The lowest BCUT2D eigenvalue weighted by Gasteiger charge is -2.27. The topological polar surface area (TPSA) is 27.7 Å². The van der Waals surface area contributed by atoms with Gasteiger partial charge in [-0.2, -0.15) is 0 Å². The molecule has 1 aliphatic rings. The second-order valence-corrected chi connectivity index (χ2v) is 7.70. The summed E-state index contributed by atoms with van der Waals surface area (Å²) in [6.07, 6.45) is 3.07. The smallest absolute Gasteiger partial charge is 0.242 e. The summed E-state index contributed by atoms with van der Waals surface area (Å²) >= 11 is 0. The van der Waals surface area contributed by atoms with Gasteiger partial charge in [-0.15, -0.1) is 0 Å². The van der Waals surface area contributed by atoms with Crippen molar-refractivity contribution in [3.05, 3.63) is 53.3 Å². The zero-order valence-corrected chi connectivity index (χ0v) is 16.0. The predicted octanol–water partition coefficient (Wildman–Crippen LogP) is 5.54. The Hall–Kier alpha value is -2.23. The largest absolute Gasteiger partial charge is 0.497 e. The highest BCUT2D eigenvalue weighted by Crippen LogP contribution is 2.40. The van der Waals surface area contributed by atoms with Gasteiger partial charge in [-0.05, 0) is 47.6 Å². The molecular weight excluding hydrogens is 331 g/mol. The molecule has 26 heavy (non-hydrogen) atoms. The van der Waals surface area contributed by atoms with Crippen LogP contribution in [0.1, 0.15) is 44.7 Å². The zero-order valence-electron chi connectivity index (χ0n) is 16.0. The van der Waals surface area contributed by atoms with E-state index in [-0.39, 0.29) is 17.5 Å². The molecule has 0 radical (unpaired) electrons. The molecule has 2 aromatic rings. The van der Waals surface area contributed by atoms with Crippen LogP contribution in [0.2, 0.25) is 0 Å². The number of halogens is 1. The lowest BCUT2D eigenvalue weighted by molar-refractivity contribution is 0.0101. The minimum atomic E-state index is -0.335. The Labute approximate surface area is 155 Å². The first kappa shape index (κ1) is 18.6. The van der Waals surface area contributed by atoms with Gasteiger partial charge in [0.05, 0.1) is 7.11 Å². The number of ether oxygens (including phenoxy) is 3. The van der Waals surface area contributed by atoms with Crippen molar-refractivity contribution in [3.63, 3.8) is 0 Å². The fraction of sp³-hybridized carbons (Fsp3) is 0.455. The molecule has 0 aromatic heterocycles. The highest BCUT2D eigenvalue weighted by molar-refractivity contribution is 5.45. The number of rotatable bonds is 7. The first-order valence-electron chi connectivity index (χ1n) is 9.19. The molecular formula is C22H27FO3. The number of hydrogen-bond acceptors (Lipinski definition) is 3. The van der Waals surface area contributed by atoms with Gasteiger partial charge in [0, 0.05) is 12.5 Å². The van der Waals surface area contributed by atoms with Gasteiger partial charge < -0.3 is 14.2 Å². The monoisotopic (exact) mass is 358 g/mol. The third-order valence-corrected chi connectivity index (χ3v) is 4.71. The van der Waals surface area contributed by atoms with E-state index in [1.165, 1.54) is 18.7 Å². The Bertz CT molecular complexity index is 770. The maximum absolute atomic E-state index is 14.3. The molecule has 3 nitrogen and oxygen atoms in total. The highest BCUT2D eigenvalue weighted by Gasteiger charge is 2.32. The summed E-state index contributed by atoms with van der Waals surface area (Å²) < 4.78 is 31.3. The van der Waals surface area contributed by atoms with Crippen LogP contribution < -0.4 is 14.2 Å². The van der Waals surface area contributed by atoms with E-state index in [9.17, 15) is 4.39 Å². The highest BCUT2D eigenvalue weighted by atomic mass is 19.1. The van der Waals surface area contributed by atoms with Crippen molar-refractivity contribution in [2.45, 2.75) is 52.7 Å². The predicted molar refractivity (Wildman–Crippen MR) is 101 cm³/mol. The minimum absolute atomic E-state index is 0.172. The molecule has 4 heteroatoms. The molecule has 0 aliphatic carbocycles. The van der Waals surface area contributed by atoms with Crippen LogP contribution in [0.25, 0.3) is 0 Å². The van der Waals surface area contributed by atoms with E-state index in [1.807, 2.05) is 6.07 Å². The van der Waals surface area contributed by atoms with Crippen LogP contribution in [0.15, 0.2) is 36.4 Å². The molecule has 0 N–H and O–H groups in total. The molecule has 1 unspecified atom stereocenters. The summed E-state index contributed by atoms with van der Waals surface area (Å²) in [5.41, 5.74) is 1.76. The van der Waals surface area contributed by atoms with E-state index < -0.39 is 0 Å². The molecule has 0 fully saturated rings. The van der Waals surface area contributed by atoms with Crippen LogP contribution in [-0.2, 0) is 12.8 Å². The summed E-state index contributed by atoms with van der Waals surface area (Å²) in [5.74, 6) is 1.90. The molecule has 3 rings (SSSR count). The third-order valence-electron chi connectivity index (χ3n) is 4.71. The van der Waals surface area contributed by atoms with E-state index in [2.05, 4.69) is 32.9 Å². The maximum Gasteiger partial charge on any atom is 0.242 e. The van der Waals surface area contributed by atoms with Crippen LogP contribution in [0.4, 0.5) is 4.39 Å². The Kier molecular flexibility index (Phi) is 5.40. The van der Waals surface area contributed by atoms with Crippen molar-refractivity contribution >= 4 is 0 Å². The van der Waals surface area contributed by atoms with Crippen molar-refractivity contribution in [1.82, 2.24) is 0 Å². The molecule has 2 aromatic carbocycles. The molecule has 0 spiro atoms. The van der Waals surface area contributed by atoms with E-state index >= 15 is 0 Å². The Balaban J connectivity index is 1.64. The fourth-order valence-electron chi connectivity index (χ4n) is 3.41. The number of methoxy groups -OCH3 is 1. The van der Waals surface area contributed by atoms with Crippen molar-refractivity contribution < 1.29 is 18.6 Å². The van der Waals surface area contributed by atoms with Gasteiger partial charge in [0.25, 0.3) is 0 Å². The Morgan fingerprint density at radius 3 is 2.54 bits per heavy atom. The van der Waals surface area contributed by atoms with Crippen LogP contribution >= 0.6 is 0 Å². The number of benzene rings is 2. The summed E-state index contributed by atoms with van der Waals surface area (Å²) in [6, 6.07) is 11.1. The van der Waals surface area contributed by atoms with Gasteiger partial charge in [0.1, 0.15) is 11.6 Å². The summed E-state index contributed by atoms with van der Waals surface area (Å²) in [6.45, 7) is 6.37. The van der Waals surface area contributed by atoms with Crippen molar-refractivity contribution in [2.75, 3.05) is 7.11 Å². The molecule has 0 amide bonds. The van der Waals surface area contributed by atoms with Crippen LogP contribution in [0.5, 0.6) is 17.2 Å². The quantitative estimate of drug-likeness (QED) is 0.650. The van der Waals surface area contributed by atoms with E-state index in [0.29, 0.717) is 24.2 Å². The average molecular weight is 358 g/mol.